The Bertz CT molecular complexity index is 1490. The maximum absolute atomic E-state index is 14.8. The van der Waals surface area contributed by atoms with Crippen molar-refractivity contribution in [2.45, 2.75) is 24.0 Å². The molecule has 2 N–H and O–H groups in total. The van der Waals surface area contributed by atoms with E-state index in [4.69, 9.17) is 0 Å². The molecule has 14 heteroatoms. The lowest BCUT2D eigenvalue weighted by molar-refractivity contribution is -0.137. The second-order valence-electron chi connectivity index (χ2n) is 8.55. The number of amides is 1. The van der Waals surface area contributed by atoms with Crippen molar-refractivity contribution in [1.82, 2.24) is 20.2 Å². The molecule has 190 valence electrons. The van der Waals surface area contributed by atoms with Gasteiger partial charge in [-0.1, -0.05) is 0 Å². The summed E-state index contributed by atoms with van der Waals surface area (Å²) in [5.41, 5.74) is -0.0899. The first-order valence-electron chi connectivity index (χ1n) is 10.8. The minimum atomic E-state index is -4.86. The molecule has 0 radical (unpaired) electrons. The highest BCUT2D eigenvalue weighted by Crippen LogP contribution is 2.41. The molecule has 0 fully saturated rings. The van der Waals surface area contributed by atoms with Crippen LogP contribution in [0, 0.1) is 5.82 Å². The molecule has 36 heavy (non-hydrogen) atoms. The first-order valence-corrected chi connectivity index (χ1v) is 13.3. The van der Waals surface area contributed by atoms with Crippen molar-refractivity contribution in [1.29, 1.82) is 0 Å². The predicted octanol–water partition coefficient (Wildman–Crippen LogP) is 3.61. The lowest BCUT2D eigenvalue weighted by Gasteiger charge is -2.25. The van der Waals surface area contributed by atoms with Crippen molar-refractivity contribution >= 4 is 38.7 Å². The topological polar surface area (TPSA) is 104 Å². The Morgan fingerprint density at radius 1 is 1.19 bits per heavy atom. The first kappa shape index (κ1) is 24.6. The molecule has 3 aromatic rings. The van der Waals surface area contributed by atoms with Crippen LogP contribution in [0.15, 0.2) is 29.3 Å². The Labute approximate surface area is 207 Å². The summed E-state index contributed by atoms with van der Waals surface area (Å²) in [5.74, 6) is -1.98. The number of carbonyl (C=O) groups excluding carboxylic acids is 1. The van der Waals surface area contributed by atoms with Crippen LogP contribution >= 0.6 is 11.3 Å². The molecule has 2 aliphatic rings. The normalized spacial score (nSPS) is 17.6. The fraction of sp³-hybridized carbons (Fsp3) is 0.318. The lowest BCUT2D eigenvalue weighted by Crippen LogP contribution is -2.26. The second kappa shape index (κ2) is 8.78. The highest BCUT2D eigenvalue weighted by Gasteiger charge is 2.38. The van der Waals surface area contributed by atoms with E-state index in [1.807, 2.05) is 11.9 Å². The number of benzene rings is 1. The van der Waals surface area contributed by atoms with Crippen LogP contribution in [-0.4, -0.2) is 55.1 Å². The van der Waals surface area contributed by atoms with E-state index in [1.165, 1.54) is 6.07 Å². The summed E-state index contributed by atoms with van der Waals surface area (Å²) < 4.78 is 81.3. The molecule has 0 atom stereocenters. The number of halogens is 4. The molecular formula is C22H19F4N5O3S2. The highest BCUT2D eigenvalue weighted by molar-refractivity contribution is 7.91. The molecule has 1 amide bonds. The summed E-state index contributed by atoms with van der Waals surface area (Å²) in [6, 6.07) is 3.98. The minimum Gasteiger partial charge on any atom is -0.350 e. The van der Waals surface area contributed by atoms with Crippen molar-refractivity contribution in [3.8, 4) is 10.6 Å². The largest absolute Gasteiger partial charge is 0.420 e. The number of rotatable bonds is 3. The molecule has 2 aromatic heterocycles. The van der Waals surface area contributed by atoms with E-state index < -0.39 is 39.0 Å². The summed E-state index contributed by atoms with van der Waals surface area (Å²) in [6.45, 7) is 1.25. The van der Waals surface area contributed by atoms with Gasteiger partial charge in [0.2, 0.25) is 5.95 Å². The van der Waals surface area contributed by atoms with Crippen molar-refractivity contribution < 1.29 is 30.8 Å². The van der Waals surface area contributed by atoms with Gasteiger partial charge in [-0.15, -0.1) is 11.3 Å². The monoisotopic (exact) mass is 541 g/mol. The van der Waals surface area contributed by atoms with Gasteiger partial charge < -0.3 is 15.5 Å². The van der Waals surface area contributed by atoms with E-state index in [0.717, 1.165) is 23.7 Å². The van der Waals surface area contributed by atoms with Crippen LogP contribution in [0.25, 0.3) is 10.6 Å². The zero-order valence-corrected chi connectivity index (χ0v) is 20.4. The lowest BCUT2D eigenvalue weighted by atomic mass is 9.99. The number of carbonyl (C=O) groups is 1. The van der Waals surface area contributed by atoms with Crippen molar-refractivity contribution in [2.75, 3.05) is 31.2 Å². The fourth-order valence-corrected chi connectivity index (χ4v) is 6.96. The average Bonchev–Trinajstić information content (AvgIpc) is 3.22. The third kappa shape index (κ3) is 4.55. The van der Waals surface area contributed by atoms with Crippen LogP contribution in [-0.2, 0) is 29.0 Å². The van der Waals surface area contributed by atoms with Crippen LogP contribution in [0.5, 0.6) is 0 Å². The number of sulfone groups is 1. The quantitative estimate of drug-likeness (QED) is 0.489. The summed E-state index contributed by atoms with van der Waals surface area (Å²) in [6.07, 6.45) is -3.63. The zero-order valence-electron chi connectivity index (χ0n) is 18.7. The second-order valence-corrected chi connectivity index (χ2v) is 11.7. The van der Waals surface area contributed by atoms with Gasteiger partial charge in [-0.2, -0.15) is 13.2 Å². The van der Waals surface area contributed by atoms with E-state index in [-0.39, 0.29) is 38.6 Å². The maximum atomic E-state index is 14.8. The Hall–Kier alpha value is -3.10. The first-order chi connectivity index (χ1) is 16.9. The van der Waals surface area contributed by atoms with E-state index in [2.05, 4.69) is 20.6 Å². The fourth-order valence-electron chi connectivity index (χ4n) is 4.14. The van der Waals surface area contributed by atoms with Gasteiger partial charge >= 0.3 is 6.18 Å². The zero-order chi connectivity index (χ0) is 25.8. The molecule has 4 heterocycles. The van der Waals surface area contributed by atoms with Gasteiger partial charge in [0, 0.05) is 25.8 Å². The number of fused-ring (bicyclic) bond motifs is 2. The molecule has 0 saturated carbocycles. The Morgan fingerprint density at radius 3 is 2.72 bits per heavy atom. The van der Waals surface area contributed by atoms with Gasteiger partial charge in [0.05, 0.1) is 26.9 Å². The number of likely N-dealkylation sites (N-methyl/N-ethyl adjacent to an activating group) is 1. The maximum Gasteiger partial charge on any atom is 0.420 e. The van der Waals surface area contributed by atoms with E-state index >= 15 is 0 Å². The average molecular weight is 542 g/mol. The van der Waals surface area contributed by atoms with E-state index in [9.17, 15) is 30.8 Å². The molecule has 1 aromatic carbocycles. The van der Waals surface area contributed by atoms with Crippen LogP contribution in [0.3, 0.4) is 0 Å². The number of hydrogen-bond donors (Lipinski definition) is 2. The number of hydrogen-bond acceptors (Lipinski definition) is 8. The van der Waals surface area contributed by atoms with Crippen molar-refractivity contribution in [3.63, 3.8) is 0 Å². The molecular weight excluding hydrogens is 522 g/mol. The van der Waals surface area contributed by atoms with Gasteiger partial charge in [-0.3, -0.25) is 4.79 Å². The molecule has 5 rings (SSSR count). The number of aromatic nitrogens is 2. The van der Waals surface area contributed by atoms with E-state index in [1.54, 1.807) is 6.07 Å². The standard InChI is InChI=1S/C22H19F4N5O3S2/c1-31-4-2-11-7-15(14(23)6-12(11)10-31)29-21-28-9-13(22(24,25)26)18(30-21)16-8-17-19(35-16)20(32)27-3-5-36(17,33)34/h6-9H,2-5,10H2,1H3,(H,27,32)(H,28,29,30). The molecule has 0 aliphatic carbocycles. The Balaban J connectivity index is 1.58. The third-order valence-corrected chi connectivity index (χ3v) is 8.97. The van der Waals surface area contributed by atoms with Crippen LogP contribution in [0.4, 0.5) is 29.2 Å². The number of nitrogens with one attached hydrogen (secondary N) is 2. The smallest absolute Gasteiger partial charge is 0.350 e. The molecule has 0 saturated heterocycles. The molecule has 0 unspecified atom stereocenters. The summed E-state index contributed by atoms with van der Waals surface area (Å²) in [4.78, 5) is 21.3. The summed E-state index contributed by atoms with van der Waals surface area (Å²) >= 11 is 0.591. The summed E-state index contributed by atoms with van der Waals surface area (Å²) in [7, 11) is -1.97. The Kier molecular flexibility index (Phi) is 6.00. The highest BCUT2D eigenvalue weighted by atomic mass is 32.2. The van der Waals surface area contributed by atoms with Gasteiger partial charge in [0.25, 0.3) is 5.91 Å². The van der Waals surface area contributed by atoms with Crippen molar-refractivity contribution in [3.05, 3.63) is 51.8 Å². The molecule has 0 bridgehead atoms. The Morgan fingerprint density at radius 2 is 1.97 bits per heavy atom. The minimum absolute atomic E-state index is 0.00734. The predicted molar refractivity (Wildman–Crippen MR) is 124 cm³/mol. The number of anilines is 2. The number of nitrogens with zero attached hydrogens (tertiary/aromatic N) is 3. The van der Waals surface area contributed by atoms with Crippen LogP contribution in [0.2, 0.25) is 0 Å². The molecule has 8 nitrogen and oxygen atoms in total. The number of thiophene rings is 1. The third-order valence-electron chi connectivity index (χ3n) is 5.96. The van der Waals surface area contributed by atoms with Gasteiger partial charge in [-0.25, -0.2) is 22.8 Å². The number of alkyl halides is 3. The van der Waals surface area contributed by atoms with E-state index in [0.29, 0.717) is 30.5 Å². The molecule has 0 spiro atoms. The van der Waals surface area contributed by atoms with Crippen molar-refractivity contribution in [2.24, 2.45) is 0 Å². The van der Waals surface area contributed by atoms with Gasteiger partial charge in [0.15, 0.2) is 9.84 Å². The summed E-state index contributed by atoms with van der Waals surface area (Å²) in [5, 5.41) is 5.07. The van der Waals surface area contributed by atoms with Gasteiger partial charge in [-0.05, 0) is 42.8 Å². The van der Waals surface area contributed by atoms with Crippen LogP contribution < -0.4 is 10.6 Å². The van der Waals surface area contributed by atoms with Gasteiger partial charge in [0.1, 0.15) is 16.3 Å². The SMILES string of the molecule is CN1CCc2cc(Nc3ncc(C(F)(F)F)c(-c4cc5c(s4)C(=O)NCCS5(=O)=O)n3)c(F)cc2C1. The molecule has 2 aliphatic heterocycles. The van der Waals surface area contributed by atoms with Crippen LogP contribution in [0.1, 0.15) is 26.4 Å².